The van der Waals surface area contributed by atoms with Gasteiger partial charge in [-0.2, -0.15) is 0 Å². The molecule has 0 aliphatic carbocycles. The topological polar surface area (TPSA) is 86.7 Å². The summed E-state index contributed by atoms with van der Waals surface area (Å²) in [4.78, 5) is 52.8. The van der Waals surface area contributed by atoms with Gasteiger partial charge >= 0.3 is 11.9 Å². The Bertz CT molecular complexity index is 1500. The van der Waals surface area contributed by atoms with E-state index in [0.29, 0.717) is 15.8 Å². The van der Waals surface area contributed by atoms with Gasteiger partial charge in [-0.1, -0.05) is 72.9 Å². The molecular formula is C25H16O6S3. The first-order chi connectivity index (χ1) is 16.4. The summed E-state index contributed by atoms with van der Waals surface area (Å²) in [6, 6.07) is 16.9. The standard InChI is InChI=1S/C25H16O6S3/c1-30-23(28)17-15-16(18(26)13-9-5-3-6-10-13)20(19(27)14-11-7-4-8-12-14)33-22(15)25(32)34-21(17)24(29)31-2/h3-12H,1-2H3. The van der Waals surface area contributed by atoms with Crippen molar-refractivity contribution in [2.75, 3.05) is 14.2 Å². The zero-order valence-electron chi connectivity index (χ0n) is 17.9. The quantitative estimate of drug-likeness (QED) is 0.187. The minimum atomic E-state index is -0.838. The van der Waals surface area contributed by atoms with Crippen LogP contribution >= 0.6 is 34.9 Å². The van der Waals surface area contributed by atoms with Crippen LogP contribution in [-0.4, -0.2) is 37.7 Å². The smallest absolute Gasteiger partial charge is 0.349 e. The molecule has 6 nitrogen and oxygen atoms in total. The fourth-order valence-corrected chi connectivity index (χ4v) is 6.14. The maximum atomic E-state index is 13.8. The molecule has 2 heterocycles. The molecule has 0 aliphatic heterocycles. The van der Waals surface area contributed by atoms with Crippen LogP contribution in [0.1, 0.15) is 51.2 Å². The lowest BCUT2D eigenvalue weighted by molar-refractivity contribution is 0.0561. The molecule has 4 aromatic rings. The second kappa shape index (κ2) is 9.76. The van der Waals surface area contributed by atoms with E-state index in [-0.39, 0.29) is 30.1 Å². The van der Waals surface area contributed by atoms with Crippen LogP contribution in [-0.2, 0) is 9.47 Å². The third-order valence-electron chi connectivity index (χ3n) is 5.03. The summed E-state index contributed by atoms with van der Waals surface area (Å²) in [6.07, 6.45) is 0. The minimum absolute atomic E-state index is 0.00417. The SMILES string of the molecule is COC(=O)c1sc(=S)c2sc(C(=O)c3ccccc3)c(C(=O)c3ccccc3)c2c1C(=O)OC. The highest BCUT2D eigenvalue weighted by Gasteiger charge is 2.33. The van der Waals surface area contributed by atoms with Crippen molar-refractivity contribution in [1.29, 1.82) is 0 Å². The Morgan fingerprint density at radius 1 is 0.676 bits per heavy atom. The van der Waals surface area contributed by atoms with E-state index in [1.54, 1.807) is 60.7 Å². The Kier molecular flexibility index (Phi) is 6.78. The Labute approximate surface area is 207 Å². The summed E-state index contributed by atoms with van der Waals surface area (Å²) in [5.74, 6) is -2.50. The van der Waals surface area contributed by atoms with Gasteiger partial charge in [-0.05, 0) is 0 Å². The number of hydrogen-bond donors (Lipinski definition) is 0. The van der Waals surface area contributed by atoms with E-state index in [4.69, 9.17) is 21.7 Å². The van der Waals surface area contributed by atoms with Gasteiger partial charge in [0.15, 0.2) is 5.78 Å². The van der Waals surface area contributed by atoms with Crippen LogP contribution in [0.2, 0.25) is 0 Å². The maximum Gasteiger partial charge on any atom is 0.349 e. The number of hydrogen-bond acceptors (Lipinski definition) is 9. The van der Waals surface area contributed by atoms with Gasteiger partial charge in [0, 0.05) is 16.5 Å². The summed E-state index contributed by atoms with van der Waals surface area (Å²) < 4.78 is 10.4. The molecule has 2 aromatic heterocycles. The highest BCUT2D eigenvalue weighted by molar-refractivity contribution is 7.74. The third kappa shape index (κ3) is 4.09. The van der Waals surface area contributed by atoms with E-state index in [2.05, 4.69) is 0 Å². The summed E-state index contributed by atoms with van der Waals surface area (Å²) in [6.45, 7) is 0. The monoisotopic (exact) mass is 508 g/mol. The molecule has 170 valence electrons. The molecule has 0 saturated heterocycles. The Balaban J connectivity index is 2.16. The Morgan fingerprint density at radius 3 is 1.74 bits per heavy atom. The molecule has 34 heavy (non-hydrogen) atoms. The molecule has 9 heteroatoms. The lowest BCUT2D eigenvalue weighted by atomic mass is 9.95. The molecule has 2 aromatic carbocycles. The number of thiophene rings is 1. The number of ether oxygens (including phenoxy) is 2. The largest absolute Gasteiger partial charge is 0.465 e. The van der Waals surface area contributed by atoms with E-state index in [0.717, 1.165) is 22.7 Å². The molecular weight excluding hydrogens is 492 g/mol. The number of methoxy groups -OCH3 is 2. The first-order valence-corrected chi connectivity index (χ1v) is 11.9. The normalized spacial score (nSPS) is 10.6. The van der Waals surface area contributed by atoms with Crippen molar-refractivity contribution in [1.82, 2.24) is 0 Å². The molecule has 0 spiro atoms. The van der Waals surface area contributed by atoms with Crippen molar-refractivity contribution in [3.63, 3.8) is 0 Å². The van der Waals surface area contributed by atoms with E-state index < -0.39 is 23.5 Å². The first kappa shape index (κ1) is 23.6. The van der Waals surface area contributed by atoms with Crippen LogP contribution < -0.4 is 0 Å². The van der Waals surface area contributed by atoms with Crippen LogP contribution in [0.5, 0.6) is 0 Å². The van der Waals surface area contributed by atoms with Gasteiger partial charge in [0.1, 0.15) is 8.70 Å². The average molecular weight is 509 g/mol. The van der Waals surface area contributed by atoms with Crippen LogP contribution in [0.3, 0.4) is 0 Å². The van der Waals surface area contributed by atoms with E-state index in [1.807, 2.05) is 0 Å². The van der Waals surface area contributed by atoms with Gasteiger partial charge < -0.3 is 9.47 Å². The number of carbonyl (C=O) groups is 4. The van der Waals surface area contributed by atoms with Gasteiger partial charge in [-0.25, -0.2) is 9.59 Å². The second-order valence-electron chi connectivity index (χ2n) is 6.98. The van der Waals surface area contributed by atoms with E-state index in [9.17, 15) is 19.2 Å². The zero-order chi connectivity index (χ0) is 24.4. The van der Waals surface area contributed by atoms with Crippen molar-refractivity contribution < 1.29 is 28.7 Å². The number of carbonyl (C=O) groups excluding carboxylic acids is 4. The number of ketones is 2. The number of fused-ring (bicyclic) bond motifs is 1. The zero-order valence-corrected chi connectivity index (χ0v) is 20.4. The van der Waals surface area contributed by atoms with Crippen LogP contribution in [0.15, 0.2) is 60.7 Å². The molecule has 0 fully saturated rings. The predicted molar refractivity (Wildman–Crippen MR) is 133 cm³/mol. The molecule has 0 bridgehead atoms. The Morgan fingerprint density at radius 2 is 1.21 bits per heavy atom. The van der Waals surface area contributed by atoms with Crippen molar-refractivity contribution >= 4 is 68.5 Å². The van der Waals surface area contributed by atoms with Crippen LogP contribution in [0.4, 0.5) is 0 Å². The fraction of sp³-hybridized carbons (Fsp3) is 0.0800. The lowest BCUT2D eigenvalue weighted by Crippen LogP contribution is -2.14. The van der Waals surface area contributed by atoms with Gasteiger partial charge in [0.05, 0.1) is 34.9 Å². The van der Waals surface area contributed by atoms with Crippen LogP contribution in [0.25, 0.3) is 10.1 Å². The highest BCUT2D eigenvalue weighted by Crippen LogP contribution is 2.41. The summed E-state index contributed by atoms with van der Waals surface area (Å²) in [5.41, 5.74) is 0.548. The third-order valence-corrected chi connectivity index (χ3v) is 7.91. The molecule has 0 aliphatic rings. The van der Waals surface area contributed by atoms with Crippen molar-refractivity contribution in [2.24, 2.45) is 0 Å². The number of rotatable bonds is 6. The van der Waals surface area contributed by atoms with Gasteiger partial charge in [-0.3, -0.25) is 9.59 Å². The lowest BCUT2D eigenvalue weighted by Gasteiger charge is -2.10. The molecule has 0 saturated carbocycles. The molecule has 0 atom stereocenters. The molecule has 0 unspecified atom stereocenters. The van der Waals surface area contributed by atoms with Gasteiger partial charge in [-0.15, -0.1) is 22.7 Å². The molecule has 0 amide bonds. The minimum Gasteiger partial charge on any atom is -0.465 e. The summed E-state index contributed by atoms with van der Waals surface area (Å²) in [7, 11) is 2.35. The van der Waals surface area contributed by atoms with Crippen molar-refractivity contribution in [3.05, 3.63) is 96.5 Å². The average Bonchev–Trinajstić information content (AvgIpc) is 3.28. The summed E-state index contributed by atoms with van der Waals surface area (Å²) >= 11 is 7.41. The van der Waals surface area contributed by atoms with Gasteiger partial charge in [0.25, 0.3) is 0 Å². The van der Waals surface area contributed by atoms with Crippen LogP contribution in [0, 0.1) is 3.82 Å². The second-order valence-corrected chi connectivity index (χ2v) is 9.69. The van der Waals surface area contributed by atoms with E-state index >= 15 is 0 Å². The first-order valence-electron chi connectivity index (χ1n) is 9.88. The Hall–Kier alpha value is -3.53. The van der Waals surface area contributed by atoms with Crippen molar-refractivity contribution in [3.8, 4) is 0 Å². The van der Waals surface area contributed by atoms with Crippen molar-refractivity contribution in [2.45, 2.75) is 0 Å². The molecule has 0 N–H and O–H groups in total. The fourth-order valence-electron chi connectivity index (χ4n) is 3.48. The molecule has 0 radical (unpaired) electrons. The highest BCUT2D eigenvalue weighted by atomic mass is 32.1. The molecule has 4 rings (SSSR count). The number of benzene rings is 2. The maximum absolute atomic E-state index is 13.8. The van der Waals surface area contributed by atoms with E-state index in [1.165, 1.54) is 14.2 Å². The van der Waals surface area contributed by atoms with Gasteiger partial charge in [0.2, 0.25) is 5.78 Å². The predicted octanol–water partition coefficient (Wildman–Crippen LogP) is 5.73. The summed E-state index contributed by atoms with van der Waals surface area (Å²) in [5, 5.41) is 0.120. The number of esters is 2.